The van der Waals surface area contributed by atoms with E-state index in [1.54, 1.807) is 24.5 Å². The number of anilines is 2. The summed E-state index contributed by atoms with van der Waals surface area (Å²) in [6, 6.07) is 21.8. The molecule has 2 saturated heterocycles. The zero-order valence-corrected chi connectivity index (χ0v) is 35.6. The maximum absolute atomic E-state index is 13.9. The number of carbonyl (C=O) groups is 1. The summed E-state index contributed by atoms with van der Waals surface area (Å²) >= 11 is 6.28. The number of nitrogens with zero attached hydrogens (tertiary/aromatic N) is 4. The molecule has 1 saturated carbocycles. The minimum atomic E-state index is -2.11. The minimum absolute atomic E-state index is 0.0996. The van der Waals surface area contributed by atoms with Crippen LogP contribution in [0.25, 0.3) is 16.6 Å². The van der Waals surface area contributed by atoms with Gasteiger partial charge in [0.1, 0.15) is 22.8 Å². The molecule has 318 valence electrons. The summed E-state index contributed by atoms with van der Waals surface area (Å²) in [5.41, 5.74) is 6.69. The van der Waals surface area contributed by atoms with Gasteiger partial charge in [-0.1, -0.05) is 35.7 Å². The number of aromatic nitrogens is 2. The fourth-order valence-electron chi connectivity index (χ4n) is 9.24. The van der Waals surface area contributed by atoms with Gasteiger partial charge in [0.2, 0.25) is 0 Å². The summed E-state index contributed by atoms with van der Waals surface area (Å²) in [6.45, 7) is 6.19. The molecule has 13 nitrogen and oxygen atoms in total. The number of H-pyrrole nitrogens is 1. The number of aromatic amines is 1. The number of fused-ring (bicyclic) bond motifs is 1. The van der Waals surface area contributed by atoms with Crippen LogP contribution in [0, 0.1) is 21.4 Å². The number of ether oxygens (including phenoxy) is 2. The number of amides is 1. The number of hydrogen-bond donors (Lipinski definition) is 3. The van der Waals surface area contributed by atoms with Crippen molar-refractivity contribution in [3.63, 3.8) is 0 Å². The summed E-state index contributed by atoms with van der Waals surface area (Å²) in [6.07, 6.45) is 12.7. The molecule has 0 radical (unpaired) electrons. The molecule has 2 aromatic heterocycles. The Bertz CT molecular complexity index is 2470. The lowest BCUT2D eigenvalue weighted by Gasteiger charge is -2.47. The molecular formula is C46H50ClN7O6S. The van der Waals surface area contributed by atoms with E-state index in [0.717, 1.165) is 74.5 Å². The molecule has 9 rings (SSSR count). The SMILES string of the molecule is O=C(NS(=O)c1ccc(NCC2CCOCC2)c([N+](=O)[O-])c1)c1ccc(N2CCN(CC3=C(c4ccc(Cl)cc4)CC4(CCC4)CC3)CC2)cc1Oc1cnc2[nH]ccc2c1. The van der Waals surface area contributed by atoms with Crippen molar-refractivity contribution in [1.82, 2.24) is 19.6 Å². The average Bonchev–Trinajstić information content (AvgIpc) is 3.74. The van der Waals surface area contributed by atoms with E-state index in [0.29, 0.717) is 48.2 Å². The lowest BCUT2D eigenvalue weighted by Crippen LogP contribution is -2.47. The molecule has 1 unspecified atom stereocenters. The first-order valence-corrected chi connectivity index (χ1v) is 22.7. The van der Waals surface area contributed by atoms with Crippen molar-refractivity contribution < 1.29 is 23.4 Å². The fraction of sp³-hybridized carbons (Fsp3) is 0.391. The van der Waals surface area contributed by atoms with E-state index < -0.39 is 21.8 Å². The molecule has 1 amide bonds. The Morgan fingerprint density at radius 2 is 1.82 bits per heavy atom. The van der Waals surface area contributed by atoms with Gasteiger partial charge in [-0.15, -0.1) is 0 Å². The molecule has 5 aromatic rings. The molecule has 1 atom stereocenters. The molecule has 1 spiro atoms. The van der Waals surface area contributed by atoms with E-state index in [1.165, 1.54) is 54.5 Å². The van der Waals surface area contributed by atoms with E-state index >= 15 is 0 Å². The van der Waals surface area contributed by atoms with Gasteiger partial charge in [0.05, 0.1) is 21.6 Å². The summed E-state index contributed by atoms with van der Waals surface area (Å²) in [7, 11) is -2.11. The molecule has 2 aliphatic heterocycles. The van der Waals surface area contributed by atoms with Crippen LogP contribution >= 0.6 is 11.6 Å². The van der Waals surface area contributed by atoms with Gasteiger partial charge in [0, 0.05) is 86.9 Å². The summed E-state index contributed by atoms with van der Waals surface area (Å²) < 4.78 is 28.0. The Kier molecular flexibility index (Phi) is 12.1. The molecule has 15 heteroatoms. The van der Waals surface area contributed by atoms with Gasteiger partial charge >= 0.3 is 0 Å². The second-order valence-corrected chi connectivity index (χ2v) is 18.5. The molecule has 61 heavy (non-hydrogen) atoms. The number of nitro groups is 1. The first kappa shape index (κ1) is 41.1. The van der Waals surface area contributed by atoms with E-state index in [9.17, 15) is 19.1 Å². The second-order valence-electron chi connectivity index (χ2n) is 16.8. The zero-order valence-electron chi connectivity index (χ0n) is 34.0. The standard InChI is InChI=1S/C46H50ClN7O6S/c47-35-4-2-32(3-5-35)40-27-46(14-1-15-46)16-10-34(40)30-52-18-20-53(21-19-52)36-6-8-39(43(25-36)60-37-24-33-11-17-48-44(33)50-29-37)45(55)51-61(58)38-7-9-41(42(26-38)54(56)57)49-28-31-12-22-59-23-13-31/h2-9,11,17,24-26,29,31,49H,1,10,12-16,18-23,27-28,30H2,(H,48,50)(H,51,55). The number of nitrogens with one attached hydrogen (secondary N) is 3. The van der Waals surface area contributed by atoms with Crippen LogP contribution in [-0.2, 0) is 15.7 Å². The predicted octanol–water partition coefficient (Wildman–Crippen LogP) is 9.14. The van der Waals surface area contributed by atoms with E-state index in [4.69, 9.17) is 21.1 Å². The molecular weight excluding hydrogens is 814 g/mol. The monoisotopic (exact) mass is 863 g/mol. The number of halogens is 1. The Labute approximate surface area is 362 Å². The first-order chi connectivity index (χ1) is 29.7. The number of piperazine rings is 1. The molecule has 2 aliphatic carbocycles. The highest BCUT2D eigenvalue weighted by Crippen LogP contribution is 2.55. The molecule has 0 bridgehead atoms. The quantitative estimate of drug-likeness (QED) is 0.0771. The van der Waals surface area contributed by atoms with Gasteiger partial charge in [0.25, 0.3) is 11.6 Å². The summed E-state index contributed by atoms with van der Waals surface area (Å²) in [5, 5.41) is 16.9. The Balaban J connectivity index is 0.910. The van der Waals surface area contributed by atoms with Crippen molar-refractivity contribution in [1.29, 1.82) is 0 Å². The maximum atomic E-state index is 13.9. The number of pyridine rings is 1. The van der Waals surface area contributed by atoms with Crippen molar-refractivity contribution in [3.05, 3.63) is 117 Å². The Morgan fingerprint density at radius 3 is 2.57 bits per heavy atom. The topological polar surface area (TPSA) is 155 Å². The van der Waals surface area contributed by atoms with Crippen LogP contribution < -0.4 is 19.7 Å². The third kappa shape index (κ3) is 9.32. The van der Waals surface area contributed by atoms with Crippen LogP contribution in [0.5, 0.6) is 11.5 Å². The number of nitro benzene ring substituents is 1. The van der Waals surface area contributed by atoms with Crippen LogP contribution in [0.15, 0.2) is 95.7 Å². The molecule has 3 N–H and O–H groups in total. The number of carbonyl (C=O) groups excluding carboxylic acids is 1. The lowest BCUT2D eigenvalue weighted by molar-refractivity contribution is -0.384. The largest absolute Gasteiger partial charge is 0.455 e. The van der Waals surface area contributed by atoms with Gasteiger partial charge in [-0.05, 0) is 116 Å². The highest BCUT2D eigenvalue weighted by atomic mass is 35.5. The normalized spacial score (nSPS) is 18.8. The third-order valence-electron chi connectivity index (χ3n) is 13.0. The van der Waals surface area contributed by atoms with Gasteiger partial charge < -0.3 is 24.7 Å². The van der Waals surface area contributed by atoms with Crippen molar-refractivity contribution in [2.45, 2.75) is 56.3 Å². The van der Waals surface area contributed by atoms with Crippen molar-refractivity contribution in [2.24, 2.45) is 11.3 Å². The number of benzene rings is 3. The van der Waals surface area contributed by atoms with Crippen LogP contribution in [0.3, 0.4) is 0 Å². The van der Waals surface area contributed by atoms with E-state index in [1.807, 2.05) is 36.4 Å². The number of rotatable bonds is 13. The van der Waals surface area contributed by atoms with E-state index in [-0.39, 0.29) is 21.9 Å². The highest BCUT2D eigenvalue weighted by molar-refractivity contribution is 7.83. The smallest absolute Gasteiger partial charge is 0.293 e. The fourth-order valence-corrected chi connectivity index (χ4v) is 10.2. The minimum Gasteiger partial charge on any atom is -0.455 e. The van der Waals surface area contributed by atoms with E-state index in [2.05, 4.69) is 41.9 Å². The summed E-state index contributed by atoms with van der Waals surface area (Å²) in [5.74, 6) is 0.401. The van der Waals surface area contributed by atoms with Crippen molar-refractivity contribution in [2.75, 3.05) is 62.7 Å². The van der Waals surface area contributed by atoms with Gasteiger partial charge in [-0.25, -0.2) is 9.19 Å². The number of allylic oxidation sites excluding steroid dienone is 1. The van der Waals surface area contributed by atoms with Crippen LogP contribution in [0.1, 0.15) is 67.3 Å². The Hall–Kier alpha value is -5.28. The van der Waals surface area contributed by atoms with Gasteiger partial charge in [-0.3, -0.25) is 24.5 Å². The number of hydrogen-bond acceptors (Lipinski definition) is 10. The van der Waals surface area contributed by atoms with Gasteiger partial charge in [-0.2, -0.15) is 0 Å². The average molecular weight is 864 g/mol. The molecule has 3 aromatic carbocycles. The molecule has 4 heterocycles. The zero-order chi connectivity index (χ0) is 41.9. The predicted molar refractivity (Wildman–Crippen MR) is 239 cm³/mol. The molecule has 3 fully saturated rings. The highest BCUT2D eigenvalue weighted by Gasteiger charge is 2.41. The lowest BCUT2D eigenvalue weighted by atomic mass is 9.59. The summed E-state index contributed by atoms with van der Waals surface area (Å²) in [4.78, 5) is 38.0. The van der Waals surface area contributed by atoms with Crippen molar-refractivity contribution in [3.8, 4) is 11.5 Å². The van der Waals surface area contributed by atoms with Crippen LogP contribution in [0.2, 0.25) is 5.02 Å². The van der Waals surface area contributed by atoms with Gasteiger partial charge in [0.15, 0.2) is 11.0 Å². The third-order valence-corrected chi connectivity index (χ3v) is 14.3. The van der Waals surface area contributed by atoms with Crippen LogP contribution in [-0.4, -0.2) is 82.4 Å². The molecule has 4 aliphatic rings. The van der Waals surface area contributed by atoms with Crippen LogP contribution in [0.4, 0.5) is 17.1 Å². The maximum Gasteiger partial charge on any atom is 0.293 e. The van der Waals surface area contributed by atoms with Crippen molar-refractivity contribution >= 4 is 62.2 Å². The second kappa shape index (κ2) is 18.0. The first-order valence-electron chi connectivity index (χ1n) is 21.2. The Morgan fingerprint density at radius 1 is 1.02 bits per heavy atom.